The van der Waals surface area contributed by atoms with Crippen LogP contribution < -0.4 is 10.6 Å². The maximum absolute atomic E-state index is 5.54. The van der Waals surface area contributed by atoms with Gasteiger partial charge in [0.25, 0.3) is 0 Å². The summed E-state index contributed by atoms with van der Waals surface area (Å²) in [7, 11) is 0. The number of aromatic nitrogens is 2. The van der Waals surface area contributed by atoms with Crippen molar-refractivity contribution in [3.63, 3.8) is 0 Å². The van der Waals surface area contributed by atoms with Gasteiger partial charge in [-0.15, -0.1) is 0 Å². The highest BCUT2D eigenvalue weighted by atomic mass is 32.2. The molecule has 3 rings (SSSR count). The second-order valence-corrected chi connectivity index (χ2v) is 8.38. The molecule has 1 aromatic carbocycles. The molecule has 1 fully saturated rings. The van der Waals surface area contributed by atoms with E-state index in [2.05, 4.69) is 60.1 Å². The summed E-state index contributed by atoms with van der Waals surface area (Å²) in [5.74, 6) is 0.861. The molecule has 1 aliphatic rings. The molecule has 28 heavy (non-hydrogen) atoms. The number of thioether (sulfide) groups is 1. The number of nitrogens with zero attached hydrogens (tertiary/aromatic N) is 3. The van der Waals surface area contributed by atoms with Crippen LogP contribution in [0, 0.1) is 0 Å². The zero-order valence-electron chi connectivity index (χ0n) is 17.0. The molecule has 1 unspecified atom stereocenters. The lowest BCUT2D eigenvalue weighted by Crippen LogP contribution is -2.41. The monoisotopic (exact) mass is 401 g/mol. The quantitative estimate of drug-likeness (QED) is 0.550. The molecule has 0 aliphatic carbocycles. The van der Waals surface area contributed by atoms with Crippen molar-refractivity contribution in [3.05, 3.63) is 48.3 Å². The Hall–Kier alpha value is -1.99. The Balaban J connectivity index is 1.70. The van der Waals surface area contributed by atoms with Crippen LogP contribution >= 0.6 is 11.8 Å². The van der Waals surface area contributed by atoms with Gasteiger partial charge in [0.2, 0.25) is 0 Å². The molecule has 6 nitrogen and oxygen atoms in total. The van der Waals surface area contributed by atoms with Gasteiger partial charge < -0.3 is 15.4 Å². The van der Waals surface area contributed by atoms with Gasteiger partial charge in [0, 0.05) is 36.9 Å². The summed E-state index contributed by atoms with van der Waals surface area (Å²) in [6.45, 7) is 7.55. The second-order valence-electron chi connectivity index (χ2n) is 7.11. The van der Waals surface area contributed by atoms with Crippen molar-refractivity contribution in [3.8, 4) is 5.69 Å². The molecule has 0 saturated carbocycles. The number of hydrogen-bond donors (Lipinski definition) is 2. The van der Waals surface area contributed by atoms with E-state index in [1.807, 2.05) is 28.7 Å². The molecule has 1 aliphatic heterocycles. The highest BCUT2D eigenvalue weighted by Gasteiger charge is 2.31. The van der Waals surface area contributed by atoms with Crippen molar-refractivity contribution in [1.82, 2.24) is 20.4 Å². The van der Waals surface area contributed by atoms with E-state index >= 15 is 0 Å². The van der Waals surface area contributed by atoms with Gasteiger partial charge in [-0.05, 0) is 56.7 Å². The van der Waals surface area contributed by atoms with Crippen LogP contribution in [0.5, 0.6) is 0 Å². The van der Waals surface area contributed by atoms with E-state index in [4.69, 9.17) is 9.73 Å². The zero-order chi connectivity index (χ0) is 19.8. The summed E-state index contributed by atoms with van der Waals surface area (Å²) in [5, 5.41) is 11.3. The number of guanidine groups is 1. The SMILES string of the molecule is CCNC(=NCC1(SC)CCOCC1)NC(C)c1cccc(-n2cccn2)c1. The molecular weight excluding hydrogens is 370 g/mol. The van der Waals surface area contributed by atoms with E-state index in [1.165, 1.54) is 5.56 Å². The summed E-state index contributed by atoms with van der Waals surface area (Å²) < 4.78 is 7.61. The van der Waals surface area contributed by atoms with E-state index in [-0.39, 0.29) is 10.8 Å². The highest BCUT2D eigenvalue weighted by molar-refractivity contribution is 8.00. The van der Waals surface area contributed by atoms with Crippen molar-refractivity contribution in [2.24, 2.45) is 4.99 Å². The van der Waals surface area contributed by atoms with Crippen LogP contribution in [0.25, 0.3) is 5.69 Å². The van der Waals surface area contributed by atoms with Crippen LogP contribution in [0.1, 0.15) is 38.3 Å². The number of nitrogens with one attached hydrogen (secondary N) is 2. The summed E-state index contributed by atoms with van der Waals surface area (Å²) in [4.78, 5) is 4.92. The zero-order valence-corrected chi connectivity index (χ0v) is 17.8. The number of aliphatic imine (C=N–C) groups is 1. The molecule has 7 heteroatoms. The van der Waals surface area contributed by atoms with E-state index < -0.39 is 0 Å². The van der Waals surface area contributed by atoms with Gasteiger partial charge in [0.1, 0.15) is 0 Å². The first-order valence-electron chi connectivity index (χ1n) is 9.93. The van der Waals surface area contributed by atoms with Crippen LogP contribution in [0.3, 0.4) is 0 Å². The average molecular weight is 402 g/mol. The predicted molar refractivity (Wildman–Crippen MR) is 117 cm³/mol. The Kier molecular flexibility index (Phi) is 7.39. The van der Waals surface area contributed by atoms with Gasteiger partial charge >= 0.3 is 0 Å². The molecule has 0 spiro atoms. The van der Waals surface area contributed by atoms with E-state index in [9.17, 15) is 0 Å². The van der Waals surface area contributed by atoms with E-state index in [1.54, 1.807) is 6.20 Å². The molecular formula is C21H31N5OS. The van der Waals surface area contributed by atoms with E-state index in [0.29, 0.717) is 0 Å². The lowest BCUT2D eigenvalue weighted by Gasteiger charge is -2.34. The lowest BCUT2D eigenvalue weighted by molar-refractivity contribution is 0.0794. The molecule has 1 saturated heterocycles. The maximum atomic E-state index is 5.54. The Morgan fingerprint density at radius 2 is 2.18 bits per heavy atom. The Labute approximate surface area is 172 Å². The molecule has 152 valence electrons. The first kappa shape index (κ1) is 20.7. The topological polar surface area (TPSA) is 63.5 Å². The first-order chi connectivity index (χ1) is 13.7. The third-order valence-electron chi connectivity index (χ3n) is 5.20. The van der Waals surface area contributed by atoms with Crippen molar-refractivity contribution >= 4 is 17.7 Å². The fraction of sp³-hybridized carbons (Fsp3) is 0.524. The minimum atomic E-state index is 0.133. The minimum absolute atomic E-state index is 0.133. The highest BCUT2D eigenvalue weighted by Crippen LogP contribution is 2.34. The third-order valence-corrected chi connectivity index (χ3v) is 6.60. The Morgan fingerprint density at radius 3 is 2.86 bits per heavy atom. The predicted octanol–water partition coefficient (Wildman–Crippen LogP) is 3.40. The molecule has 2 N–H and O–H groups in total. The maximum Gasteiger partial charge on any atom is 0.191 e. The van der Waals surface area contributed by atoms with Gasteiger partial charge in [0.15, 0.2) is 5.96 Å². The second kappa shape index (κ2) is 9.98. The fourth-order valence-electron chi connectivity index (χ4n) is 3.36. The van der Waals surface area contributed by atoms with Crippen molar-refractivity contribution in [2.75, 3.05) is 32.6 Å². The smallest absolute Gasteiger partial charge is 0.191 e. The third kappa shape index (κ3) is 5.29. The molecule has 2 aromatic rings. The summed E-state index contributed by atoms with van der Waals surface area (Å²) in [6, 6.07) is 10.5. The van der Waals surface area contributed by atoms with E-state index in [0.717, 1.165) is 50.8 Å². The average Bonchev–Trinajstić information content (AvgIpc) is 3.28. The van der Waals surface area contributed by atoms with Gasteiger partial charge in [0.05, 0.1) is 18.3 Å². The van der Waals surface area contributed by atoms with Crippen molar-refractivity contribution < 1.29 is 4.74 Å². The fourth-order valence-corrected chi connectivity index (χ4v) is 4.13. The molecule has 0 bridgehead atoms. The van der Waals surface area contributed by atoms with Crippen LogP contribution in [0.15, 0.2) is 47.7 Å². The normalized spacial score (nSPS) is 17.9. The number of benzene rings is 1. The van der Waals surface area contributed by atoms with Crippen LogP contribution in [0.4, 0.5) is 0 Å². The van der Waals surface area contributed by atoms with Crippen molar-refractivity contribution in [2.45, 2.75) is 37.5 Å². The summed E-state index contributed by atoms with van der Waals surface area (Å²) >= 11 is 1.92. The van der Waals surface area contributed by atoms with Gasteiger partial charge in [-0.1, -0.05) is 12.1 Å². The number of hydrogen-bond acceptors (Lipinski definition) is 4. The van der Waals surface area contributed by atoms with Gasteiger partial charge in [-0.25, -0.2) is 4.68 Å². The summed E-state index contributed by atoms with van der Waals surface area (Å²) in [6.07, 6.45) is 8.04. The first-order valence-corrected chi connectivity index (χ1v) is 11.2. The molecule has 1 aromatic heterocycles. The number of rotatable bonds is 7. The Morgan fingerprint density at radius 1 is 1.36 bits per heavy atom. The largest absolute Gasteiger partial charge is 0.381 e. The van der Waals surface area contributed by atoms with Gasteiger partial charge in [-0.2, -0.15) is 16.9 Å². The minimum Gasteiger partial charge on any atom is -0.381 e. The van der Waals surface area contributed by atoms with Crippen LogP contribution in [-0.4, -0.2) is 53.0 Å². The summed E-state index contributed by atoms with van der Waals surface area (Å²) in [5.41, 5.74) is 2.26. The Bertz CT molecular complexity index is 756. The van der Waals surface area contributed by atoms with Crippen LogP contribution in [0.2, 0.25) is 0 Å². The van der Waals surface area contributed by atoms with Crippen LogP contribution in [-0.2, 0) is 4.74 Å². The molecule has 2 heterocycles. The van der Waals surface area contributed by atoms with Gasteiger partial charge in [-0.3, -0.25) is 4.99 Å². The molecule has 0 radical (unpaired) electrons. The molecule has 1 atom stereocenters. The molecule has 0 amide bonds. The lowest BCUT2D eigenvalue weighted by atomic mass is 9.99. The standard InChI is InChI=1S/C21H31N5OS/c1-4-22-20(23-16-21(28-3)9-13-27-14-10-21)25-17(2)18-7-5-8-19(15-18)26-12-6-11-24-26/h5-8,11-12,15,17H,4,9-10,13-14,16H2,1-3H3,(H2,22,23,25). The van der Waals surface area contributed by atoms with Crippen molar-refractivity contribution in [1.29, 1.82) is 0 Å². The number of ether oxygens (including phenoxy) is 1.